The van der Waals surface area contributed by atoms with Gasteiger partial charge >= 0.3 is 5.69 Å². The maximum absolute atomic E-state index is 12.1. The van der Waals surface area contributed by atoms with Crippen molar-refractivity contribution in [3.05, 3.63) is 34.2 Å². The standard InChI is InChI=1S/C15H22N4O2/c1-5-19(4)14(20)10(3)16-9(2)11-6-7-12-13(8-11)18-15(21)17-12/h6-10,16H,5H2,1-4H3,(H2,17,18,21). The first kappa shape index (κ1) is 15.3. The fourth-order valence-corrected chi connectivity index (χ4v) is 2.35. The number of imidazole rings is 1. The number of carbonyl (C=O) groups is 1. The lowest BCUT2D eigenvalue weighted by molar-refractivity contribution is -0.131. The van der Waals surface area contributed by atoms with Crippen molar-refractivity contribution >= 4 is 16.9 Å². The van der Waals surface area contributed by atoms with E-state index in [9.17, 15) is 9.59 Å². The Morgan fingerprint density at radius 3 is 2.62 bits per heavy atom. The Balaban J connectivity index is 2.12. The third-order valence-corrected chi connectivity index (χ3v) is 3.76. The summed E-state index contributed by atoms with van der Waals surface area (Å²) in [6.45, 7) is 6.50. The lowest BCUT2D eigenvalue weighted by Crippen LogP contribution is -2.43. The van der Waals surface area contributed by atoms with Crippen LogP contribution in [0, 0.1) is 0 Å². The summed E-state index contributed by atoms with van der Waals surface area (Å²) >= 11 is 0. The Hall–Kier alpha value is -2.08. The minimum absolute atomic E-state index is 0.0111. The predicted molar refractivity (Wildman–Crippen MR) is 83.2 cm³/mol. The van der Waals surface area contributed by atoms with Crippen LogP contribution >= 0.6 is 0 Å². The number of aromatic nitrogens is 2. The topological polar surface area (TPSA) is 81.0 Å². The number of fused-ring (bicyclic) bond motifs is 1. The Bertz CT molecular complexity index is 688. The molecular formula is C15H22N4O2. The minimum Gasteiger partial charge on any atom is -0.345 e. The van der Waals surface area contributed by atoms with Crippen molar-refractivity contribution in [2.75, 3.05) is 13.6 Å². The van der Waals surface area contributed by atoms with E-state index < -0.39 is 0 Å². The summed E-state index contributed by atoms with van der Waals surface area (Å²) in [7, 11) is 1.79. The molecule has 0 aliphatic heterocycles. The first-order chi connectivity index (χ1) is 9.92. The molecule has 3 N–H and O–H groups in total. The van der Waals surface area contributed by atoms with Gasteiger partial charge in [0, 0.05) is 19.6 Å². The van der Waals surface area contributed by atoms with Gasteiger partial charge in [0.1, 0.15) is 0 Å². The average Bonchev–Trinajstić information content (AvgIpc) is 2.84. The fraction of sp³-hybridized carbons (Fsp3) is 0.467. The zero-order valence-corrected chi connectivity index (χ0v) is 12.9. The van der Waals surface area contributed by atoms with Gasteiger partial charge in [0.05, 0.1) is 17.1 Å². The zero-order valence-electron chi connectivity index (χ0n) is 12.9. The molecule has 1 heterocycles. The zero-order chi connectivity index (χ0) is 15.6. The lowest BCUT2D eigenvalue weighted by atomic mass is 10.1. The Labute approximate surface area is 123 Å². The van der Waals surface area contributed by atoms with Crippen molar-refractivity contribution in [1.82, 2.24) is 20.2 Å². The molecule has 1 aromatic carbocycles. The van der Waals surface area contributed by atoms with Crippen LogP contribution in [-0.4, -0.2) is 40.4 Å². The molecule has 2 aromatic rings. The van der Waals surface area contributed by atoms with Crippen LogP contribution in [0.1, 0.15) is 32.4 Å². The van der Waals surface area contributed by atoms with E-state index in [0.717, 1.165) is 16.6 Å². The molecule has 0 aliphatic rings. The smallest absolute Gasteiger partial charge is 0.323 e. The van der Waals surface area contributed by atoms with Crippen molar-refractivity contribution in [3.63, 3.8) is 0 Å². The maximum atomic E-state index is 12.1. The Morgan fingerprint density at radius 1 is 1.29 bits per heavy atom. The Morgan fingerprint density at radius 2 is 1.95 bits per heavy atom. The number of amides is 1. The number of carbonyl (C=O) groups excluding carboxylic acids is 1. The molecular weight excluding hydrogens is 268 g/mol. The quantitative estimate of drug-likeness (QED) is 0.778. The summed E-state index contributed by atoms with van der Waals surface area (Å²) < 4.78 is 0. The maximum Gasteiger partial charge on any atom is 0.323 e. The molecule has 0 spiro atoms. The van der Waals surface area contributed by atoms with Gasteiger partial charge in [-0.2, -0.15) is 0 Å². The van der Waals surface area contributed by atoms with Gasteiger partial charge in [-0.1, -0.05) is 6.07 Å². The second-order valence-electron chi connectivity index (χ2n) is 5.35. The normalized spacial score (nSPS) is 14.1. The average molecular weight is 290 g/mol. The first-order valence-corrected chi connectivity index (χ1v) is 7.15. The number of likely N-dealkylation sites (N-methyl/N-ethyl adjacent to an activating group) is 1. The van der Waals surface area contributed by atoms with E-state index in [1.807, 2.05) is 39.0 Å². The van der Waals surface area contributed by atoms with E-state index in [-0.39, 0.29) is 23.7 Å². The highest BCUT2D eigenvalue weighted by molar-refractivity contribution is 5.81. The number of hydrogen-bond acceptors (Lipinski definition) is 3. The van der Waals surface area contributed by atoms with E-state index in [0.29, 0.717) is 6.54 Å². The molecule has 114 valence electrons. The third kappa shape index (κ3) is 3.33. The lowest BCUT2D eigenvalue weighted by Gasteiger charge is -2.24. The number of nitrogens with zero attached hydrogens (tertiary/aromatic N) is 1. The van der Waals surface area contributed by atoms with Crippen molar-refractivity contribution < 1.29 is 4.79 Å². The van der Waals surface area contributed by atoms with Gasteiger partial charge in [-0.25, -0.2) is 4.79 Å². The number of rotatable bonds is 5. The molecule has 1 aromatic heterocycles. The number of aromatic amines is 2. The molecule has 0 saturated heterocycles. The predicted octanol–water partition coefficient (Wildman–Crippen LogP) is 1.37. The highest BCUT2D eigenvalue weighted by atomic mass is 16.2. The molecule has 1 amide bonds. The van der Waals surface area contributed by atoms with E-state index in [1.165, 1.54) is 0 Å². The molecule has 21 heavy (non-hydrogen) atoms. The summed E-state index contributed by atoms with van der Waals surface area (Å²) in [6, 6.07) is 5.49. The number of H-pyrrole nitrogens is 2. The van der Waals surface area contributed by atoms with Crippen molar-refractivity contribution in [2.24, 2.45) is 0 Å². The molecule has 0 fully saturated rings. The van der Waals surface area contributed by atoms with Gasteiger partial charge in [0.15, 0.2) is 0 Å². The SMILES string of the molecule is CCN(C)C(=O)C(C)NC(C)c1ccc2[nH]c(=O)[nH]c2c1. The highest BCUT2D eigenvalue weighted by Gasteiger charge is 2.19. The van der Waals surface area contributed by atoms with E-state index in [1.54, 1.807) is 11.9 Å². The van der Waals surface area contributed by atoms with Crippen LogP contribution in [-0.2, 0) is 4.79 Å². The number of nitrogens with one attached hydrogen (secondary N) is 3. The van der Waals surface area contributed by atoms with E-state index in [2.05, 4.69) is 15.3 Å². The largest absolute Gasteiger partial charge is 0.345 e. The first-order valence-electron chi connectivity index (χ1n) is 7.15. The summed E-state index contributed by atoms with van der Waals surface area (Å²) in [6.07, 6.45) is 0. The van der Waals surface area contributed by atoms with Crippen LogP contribution in [0.2, 0.25) is 0 Å². The minimum atomic E-state index is -0.258. The number of benzene rings is 1. The highest BCUT2D eigenvalue weighted by Crippen LogP contribution is 2.17. The molecule has 2 unspecified atom stereocenters. The Kier molecular flexibility index (Phi) is 4.47. The van der Waals surface area contributed by atoms with Gasteiger partial charge in [0.2, 0.25) is 5.91 Å². The van der Waals surface area contributed by atoms with Crippen molar-refractivity contribution in [3.8, 4) is 0 Å². The molecule has 2 rings (SSSR count). The van der Waals surface area contributed by atoms with Crippen LogP contribution < -0.4 is 11.0 Å². The molecule has 0 saturated carbocycles. The van der Waals surface area contributed by atoms with Crippen LogP contribution in [0.15, 0.2) is 23.0 Å². The van der Waals surface area contributed by atoms with Crippen LogP contribution in [0.25, 0.3) is 11.0 Å². The molecule has 0 radical (unpaired) electrons. The van der Waals surface area contributed by atoms with Gasteiger partial charge in [0.25, 0.3) is 0 Å². The molecule has 6 heteroatoms. The summed E-state index contributed by atoms with van der Waals surface area (Å²) in [5.74, 6) is 0.0699. The molecule has 0 bridgehead atoms. The van der Waals surface area contributed by atoms with Crippen LogP contribution in [0.4, 0.5) is 0 Å². The van der Waals surface area contributed by atoms with Gasteiger partial charge in [-0.3, -0.25) is 10.1 Å². The molecule has 6 nitrogen and oxygen atoms in total. The summed E-state index contributed by atoms with van der Waals surface area (Å²) in [5.41, 5.74) is 2.37. The fourth-order valence-electron chi connectivity index (χ4n) is 2.35. The second-order valence-corrected chi connectivity index (χ2v) is 5.35. The molecule has 2 atom stereocenters. The van der Waals surface area contributed by atoms with Crippen LogP contribution in [0.3, 0.4) is 0 Å². The van der Waals surface area contributed by atoms with Gasteiger partial charge < -0.3 is 14.9 Å². The summed E-state index contributed by atoms with van der Waals surface area (Å²) in [5, 5.41) is 3.29. The summed E-state index contributed by atoms with van der Waals surface area (Å²) in [4.78, 5) is 30.5. The van der Waals surface area contributed by atoms with Gasteiger partial charge in [-0.05, 0) is 38.5 Å². The monoisotopic (exact) mass is 290 g/mol. The van der Waals surface area contributed by atoms with E-state index >= 15 is 0 Å². The van der Waals surface area contributed by atoms with Crippen molar-refractivity contribution in [1.29, 1.82) is 0 Å². The van der Waals surface area contributed by atoms with Crippen molar-refractivity contribution in [2.45, 2.75) is 32.9 Å². The molecule has 0 aliphatic carbocycles. The third-order valence-electron chi connectivity index (χ3n) is 3.76. The number of hydrogen-bond donors (Lipinski definition) is 3. The van der Waals surface area contributed by atoms with Gasteiger partial charge in [-0.15, -0.1) is 0 Å². The van der Waals surface area contributed by atoms with E-state index in [4.69, 9.17) is 0 Å². The van der Waals surface area contributed by atoms with Crippen LogP contribution in [0.5, 0.6) is 0 Å². The second kappa shape index (κ2) is 6.13.